The maximum atomic E-state index is 12.7. The van der Waals surface area contributed by atoms with E-state index < -0.39 is 10.8 Å². The first-order valence-electron chi connectivity index (χ1n) is 8.08. The van der Waals surface area contributed by atoms with Crippen molar-refractivity contribution in [3.63, 3.8) is 0 Å². The van der Waals surface area contributed by atoms with Gasteiger partial charge in [-0.3, -0.25) is 9.19 Å². The minimum atomic E-state index is -1.30. The zero-order valence-corrected chi connectivity index (χ0v) is 18.1. The fourth-order valence-corrected chi connectivity index (χ4v) is 3.58. The van der Waals surface area contributed by atoms with Crippen molar-refractivity contribution in [3.8, 4) is 5.75 Å². The van der Waals surface area contributed by atoms with Crippen molar-refractivity contribution >= 4 is 59.6 Å². The van der Waals surface area contributed by atoms with Crippen LogP contribution in [0.15, 0.2) is 41.7 Å². The number of ether oxygens (including phenoxy) is 2. The Kier molecular flexibility index (Phi) is 8.50. The zero-order chi connectivity index (χ0) is 17.6. The van der Waals surface area contributed by atoms with Gasteiger partial charge in [0.1, 0.15) is 5.75 Å². The summed E-state index contributed by atoms with van der Waals surface area (Å²) in [5.74, 6) is 1.06. The van der Waals surface area contributed by atoms with Crippen molar-refractivity contribution in [2.24, 2.45) is 0 Å². The summed E-state index contributed by atoms with van der Waals surface area (Å²) in [6, 6.07) is 9.47. The van der Waals surface area contributed by atoms with Gasteiger partial charge in [0.25, 0.3) is 0 Å². The van der Waals surface area contributed by atoms with Crippen LogP contribution in [0.3, 0.4) is 0 Å². The molecule has 6 nitrogen and oxygen atoms in total. The van der Waals surface area contributed by atoms with Crippen LogP contribution in [0.2, 0.25) is 0 Å². The number of imidazole rings is 1. The number of nitrogens with zero attached hydrogens (tertiary/aromatic N) is 2. The molecular formula is C18H23CaN3O3S. The molecule has 0 unspecified atom stereocenters. The maximum absolute atomic E-state index is 12.7. The molecule has 0 aliphatic heterocycles. The first-order valence-corrected chi connectivity index (χ1v) is 9.40. The molecule has 0 bridgehead atoms. The number of benzene rings is 1. The molecule has 1 atom stereocenters. The van der Waals surface area contributed by atoms with Crippen LogP contribution in [-0.4, -0.2) is 77.2 Å². The van der Waals surface area contributed by atoms with Crippen LogP contribution in [0, 0.1) is 6.92 Å². The molecular weight excluding hydrogens is 378 g/mol. The average Bonchev–Trinajstić information content (AvgIpc) is 3.06. The molecule has 0 amide bonds. The molecule has 0 aliphatic carbocycles. The molecule has 0 saturated heterocycles. The monoisotopic (exact) mass is 401 g/mol. The second kappa shape index (κ2) is 10.4. The van der Waals surface area contributed by atoms with Crippen molar-refractivity contribution in [2.45, 2.75) is 24.3 Å². The number of aromatic amines is 1. The summed E-state index contributed by atoms with van der Waals surface area (Å²) in [5.41, 5.74) is 3.35. The minimum Gasteiger partial charge on any atom is -1.00 e. The van der Waals surface area contributed by atoms with E-state index >= 15 is 0 Å². The van der Waals surface area contributed by atoms with Crippen LogP contribution < -0.4 is 4.74 Å². The van der Waals surface area contributed by atoms with Crippen LogP contribution in [0.1, 0.15) is 20.5 Å². The van der Waals surface area contributed by atoms with Gasteiger partial charge in [-0.15, -0.1) is 0 Å². The van der Waals surface area contributed by atoms with Crippen molar-refractivity contribution in [1.29, 1.82) is 0 Å². The molecule has 136 valence electrons. The molecule has 0 fully saturated rings. The number of H-pyrrole nitrogens is 1. The average molecular weight is 402 g/mol. The summed E-state index contributed by atoms with van der Waals surface area (Å²) >= 11 is 0. The molecule has 3 aromatic rings. The third-order valence-corrected chi connectivity index (χ3v) is 5.02. The largest absolute Gasteiger partial charge is 2.00 e. The van der Waals surface area contributed by atoms with E-state index in [1.165, 1.54) is 0 Å². The summed E-state index contributed by atoms with van der Waals surface area (Å²) in [4.78, 5) is 11.9. The van der Waals surface area contributed by atoms with Crippen molar-refractivity contribution < 1.29 is 16.5 Å². The Balaban J connectivity index is 0.00000243. The minimum absolute atomic E-state index is 0. The van der Waals surface area contributed by atoms with Crippen LogP contribution in [-0.2, 0) is 21.3 Å². The van der Waals surface area contributed by atoms with E-state index in [4.69, 9.17) is 9.47 Å². The van der Waals surface area contributed by atoms with Gasteiger partial charge in [0.15, 0.2) is 5.16 Å². The molecule has 2 heterocycles. The molecule has 26 heavy (non-hydrogen) atoms. The Morgan fingerprint density at radius 1 is 1.23 bits per heavy atom. The number of nitrogens with one attached hydrogen (secondary N) is 1. The number of rotatable bonds is 8. The SMILES string of the molecule is COCCCOc1ccnc(C[S@](=O)c2nc3ccccc3[nH]2)c1C.[Ca+2].[H-].[H-]. The summed E-state index contributed by atoms with van der Waals surface area (Å²) < 4.78 is 23.5. The van der Waals surface area contributed by atoms with Crippen LogP contribution in [0.5, 0.6) is 5.75 Å². The van der Waals surface area contributed by atoms with E-state index in [-0.39, 0.29) is 40.6 Å². The van der Waals surface area contributed by atoms with Gasteiger partial charge in [0.2, 0.25) is 0 Å². The number of hydrogen-bond donors (Lipinski definition) is 1. The van der Waals surface area contributed by atoms with Gasteiger partial charge in [-0.1, -0.05) is 12.1 Å². The van der Waals surface area contributed by atoms with E-state index in [9.17, 15) is 4.21 Å². The standard InChI is InChI=1S/C18H21N3O3S.Ca.2H/c1-13-16(19-9-8-17(13)24-11-5-10-23-2)12-25(22)18-20-14-6-3-4-7-15(14)21-18;;;/h3-4,6-9H,5,10-12H2,1-2H3,(H,20,21);;;/q;+2;2*-1/t25-;;;/m0.../s1. The van der Waals surface area contributed by atoms with E-state index in [1.807, 2.05) is 37.3 Å². The molecule has 0 spiro atoms. The fraction of sp³-hybridized carbons (Fsp3) is 0.333. The van der Waals surface area contributed by atoms with Gasteiger partial charge in [-0.2, -0.15) is 0 Å². The quantitative estimate of drug-likeness (QED) is 0.464. The Morgan fingerprint density at radius 2 is 2.04 bits per heavy atom. The Bertz CT molecular complexity index is 862. The second-order valence-electron chi connectivity index (χ2n) is 5.62. The van der Waals surface area contributed by atoms with Crippen LogP contribution in [0.25, 0.3) is 11.0 Å². The summed E-state index contributed by atoms with van der Waals surface area (Å²) in [6.07, 6.45) is 2.50. The maximum Gasteiger partial charge on any atom is 2.00 e. The van der Waals surface area contributed by atoms with E-state index in [2.05, 4.69) is 15.0 Å². The number of fused-ring (bicyclic) bond motifs is 1. The van der Waals surface area contributed by atoms with E-state index in [0.29, 0.717) is 24.1 Å². The third-order valence-electron chi connectivity index (χ3n) is 3.86. The first-order chi connectivity index (χ1) is 12.2. The molecule has 0 radical (unpaired) electrons. The zero-order valence-electron chi connectivity index (χ0n) is 17.0. The Labute approximate surface area is 188 Å². The molecule has 0 aliphatic rings. The predicted octanol–water partition coefficient (Wildman–Crippen LogP) is 2.83. The molecule has 8 heteroatoms. The summed E-state index contributed by atoms with van der Waals surface area (Å²) in [7, 11) is 0.371. The Morgan fingerprint density at radius 3 is 2.81 bits per heavy atom. The van der Waals surface area contributed by atoms with Gasteiger partial charge in [0.05, 0.1) is 39.9 Å². The van der Waals surface area contributed by atoms with E-state index in [1.54, 1.807) is 13.3 Å². The van der Waals surface area contributed by atoms with Crippen molar-refractivity contribution in [3.05, 3.63) is 47.8 Å². The number of para-hydroxylation sites is 2. The number of hydrogen-bond acceptors (Lipinski definition) is 5. The van der Waals surface area contributed by atoms with Gasteiger partial charge in [0, 0.05) is 31.9 Å². The van der Waals surface area contributed by atoms with Crippen LogP contribution >= 0.6 is 0 Å². The number of aromatic nitrogens is 3. The second-order valence-corrected chi connectivity index (χ2v) is 6.99. The summed E-state index contributed by atoms with van der Waals surface area (Å²) in [6.45, 7) is 3.17. The van der Waals surface area contributed by atoms with E-state index in [0.717, 1.165) is 34.5 Å². The smallest absolute Gasteiger partial charge is 1.00 e. The van der Waals surface area contributed by atoms with Crippen LogP contribution in [0.4, 0.5) is 0 Å². The van der Waals surface area contributed by atoms with Gasteiger partial charge in [-0.05, 0) is 25.1 Å². The fourth-order valence-electron chi connectivity index (χ4n) is 2.48. The molecule has 1 N–H and O–H groups in total. The number of pyridine rings is 1. The number of methoxy groups -OCH3 is 1. The summed E-state index contributed by atoms with van der Waals surface area (Å²) in [5, 5.41) is 0.466. The first kappa shape index (κ1) is 21.3. The third kappa shape index (κ3) is 5.27. The van der Waals surface area contributed by atoms with Crippen molar-refractivity contribution in [2.75, 3.05) is 20.3 Å². The van der Waals surface area contributed by atoms with Gasteiger partial charge < -0.3 is 17.3 Å². The Hall–Kier alpha value is -0.990. The van der Waals surface area contributed by atoms with Crippen molar-refractivity contribution in [1.82, 2.24) is 15.0 Å². The molecule has 0 saturated carbocycles. The topological polar surface area (TPSA) is 77.1 Å². The molecule has 1 aromatic carbocycles. The van der Waals surface area contributed by atoms with Gasteiger partial charge >= 0.3 is 37.7 Å². The predicted molar refractivity (Wildman–Crippen MR) is 105 cm³/mol. The molecule has 2 aromatic heterocycles. The molecule has 3 rings (SSSR count). The normalized spacial score (nSPS) is 11.9. The van der Waals surface area contributed by atoms with Gasteiger partial charge in [-0.25, -0.2) is 4.98 Å².